The van der Waals surface area contributed by atoms with Crippen LogP contribution < -0.4 is 0 Å². The van der Waals surface area contributed by atoms with Gasteiger partial charge in [0, 0.05) is 10.0 Å². The Labute approximate surface area is 129 Å². The van der Waals surface area contributed by atoms with E-state index in [0.717, 1.165) is 21.4 Å². The number of benzene rings is 2. The van der Waals surface area contributed by atoms with Crippen molar-refractivity contribution in [2.24, 2.45) is 0 Å². The molecule has 0 amide bonds. The zero-order chi connectivity index (χ0) is 14.8. The van der Waals surface area contributed by atoms with Gasteiger partial charge < -0.3 is 5.11 Å². The van der Waals surface area contributed by atoms with E-state index in [-0.39, 0.29) is 5.69 Å². The summed E-state index contributed by atoms with van der Waals surface area (Å²) in [7, 11) is 0. The highest BCUT2D eigenvalue weighted by Crippen LogP contribution is 2.25. The number of nitrogens with zero attached hydrogens (tertiary/aromatic N) is 2. The molecule has 0 saturated heterocycles. The Morgan fingerprint density at radius 1 is 1.05 bits per heavy atom. The molecule has 3 aromatic rings. The summed E-state index contributed by atoms with van der Waals surface area (Å²) in [5, 5.41) is 13.4. The molecule has 0 atom stereocenters. The molecule has 1 aromatic heterocycles. The second-order valence-electron chi connectivity index (χ2n) is 4.47. The van der Waals surface area contributed by atoms with Crippen LogP contribution in [0.2, 0.25) is 0 Å². The van der Waals surface area contributed by atoms with Gasteiger partial charge >= 0.3 is 5.97 Å². The molecule has 0 aliphatic carbocycles. The number of rotatable bonds is 3. The fourth-order valence-electron chi connectivity index (χ4n) is 2.08. The van der Waals surface area contributed by atoms with Crippen LogP contribution in [-0.2, 0) is 0 Å². The Kier molecular flexibility index (Phi) is 3.58. The Morgan fingerprint density at radius 2 is 1.71 bits per heavy atom. The molecule has 0 bridgehead atoms. The van der Waals surface area contributed by atoms with E-state index < -0.39 is 5.97 Å². The molecule has 2 aromatic carbocycles. The lowest BCUT2D eigenvalue weighted by atomic mass is 10.1. The van der Waals surface area contributed by atoms with E-state index >= 15 is 0 Å². The third-order valence-electron chi connectivity index (χ3n) is 3.07. The van der Waals surface area contributed by atoms with Crippen molar-refractivity contribution in [1.29, 1.82) is 0 Å². The first-order valence-electron chi connectivity index (χ1n) is 6.30. The van der Waals surface area contributed by atoms with E-state index in [4.69, 9.17) is 0 Å². The van der Waals surface area contributed by atoms with Gasteiger partial charge in [-0.2, -0.15) is 5.10 Å². The van der Waals surface area contributed by atoms with Gasteiger partial charge in [0.15, 0.2) is 5.69 Å². The van der Waals surface area contributed by atoms with E-state index in [1.165, 1.54) is 0 Å². The van der Waals surface area contributed by atoms with Crippen molar-refractivity contribution in [3.63, 3.8) is 0 Å². The minimum Gasteiger partial charge on any atom is -0.476 e. The third-order valence-corrected chi connectivity index (χ3v) is 3.60. The molecule has 4 nitrogen and oxygen atoms in total. The van der Waals surface area contributed by atoms with Crippen LogP contribution in [-0.4, -0.2) is 20.9 Å². The van der Waals surface area contributed by atoms with Crippen LogP contribution in [0.5, 0.6) is 0 Å². The summed E-state index contributed by atoms with van der Waals surface area (Å²) in [5.41, 5.74) is 2.49. The molecule has 104 valence electrons. The molecule has 0 fully saturated rings. The normalized spacial score (nSPS) is 10.5. The summed E-state index contributed by atoms with van der Waals surface area (Å²) in [6.45, 7) is 0. The van der Waals surface area contributed by atoms with Gasteiger partial charge in [0.1, 0.15) is 0 Å². The molecular formula is C16H11BrN2O2. The van der Waals surface area contributed by atoms with Crippen molar-refractivity contribution < 1.29 is 9.90 Å². The third kappa shape index (κ3) is 2.73. The first-order valence-corrected chi connectivity index (χ1v) is 7.09. The molecule has 0 spiro atoms. The van der Waals surface area contributed by atoms with Crippen LogP contribution in [0.25, 0.3) is 16.9 Å². The van der Waals surface area contributed by atoms with Gasteiger partial charge in [-0.05, 0) is 30.3 Å². The van der Waals surface area contributed by atoms with E-state index in [1.807, 2.05) is 54.6 Å². The summed E-state index contributed by atoms with van der Waals surface area (Å²) in [6, 6.07) is 18.7. The molecule has 0 radical (unpaired) electrons. The predicted octanol–water partition coefficient (Wildman–Crippen LogP) is 4.00. The van der Waals surface area contributed by atoms with E-state index in [0.29, 0.717) is 0 Å². The largest absolute Gasteiger partial charge is 0.476 e. The van der Waals surface area contributed by atoms with Gasteiger partial charge in [-0.3, -0.25) is 0 Å². The Bertz CT molecular complexity index is 780. The van der Waals surface area contributed by atoms with Gasteiger partial charge in [-0.1, -0.05) is 46.3 Å². The highest BCUT2D eigenvalue weighted by Gasteiger charge is 2.15. The molecule has 3 rings (SSSR count). The summed E-state index contributed by atoms with van der Waals surface area (Å²) in [5.74, 6) is -1.04. The van der Waals surface area contributed by atoms with E-state index in [1.54, 1.807) is 10.7 Å². The lowest BCUT2D eigenvalue weighted by Gasteiger charge is -2.07. The van der Waals surface area contributed by atoms with E-state index in [9.17, 15) is 9.90 Å². The fourth-order valence-corrected chi connectivity index (χ4v) is 2.34. The smallest absolute Gasteiger partial charge is 0.356 e. The minimum absolute atomic E-state index is 0.0248. The highest BCUT2D eigenvalue weighted by atomic mass is 79.9. The SMILES string of the molecule is O=C(O)c1cc(-c2ccc(Br)cc2)n(-c2ccccc2)n1. The fraction of sp³-hybridized carbons (Fsp3) is 0. The van der Waals surface area contributed by atoms with Gasteiger partial charge in [-0.15, -0.1) is 0 Å². The Morgan fingerprint density at radius 3 is 2.33 bits per heavy atom. The minimum atomic E-state index is -1.04. The van der Waals surface area contributed by atoms with E-state index in [2.05, 4.69) is 21.0 Å². The van der Waals surface area contributed by atoms with Crippen molar-refractivity contribution >= 4 is 21.9 Å². The van der Waals surface area contributed by atoms with Crippen LogP contribution in [0, 0.1) is 0 Å². The van der Waals surface area contributed by atoms with Crippen LogP contribution >= 0.6 is 15.9 Å². The van der Waals surface area contributed by atoms with Crippen molar-refractivity contribution in [2.75, 3.05) is 0 Å². The number of hydrogen-bond donors (Lipinski definition) is 1. The molecular weight excluding hydrogens is 332 g/mol. The number of carboxylic acids is 1. The topological polar surface area (TPSA) is 55.1 Å². The molecule has 5 heteroatoms. The van der Waals surface area contributed by atoms with Crippen molar-refractivity contribution in [3.05, 3.63) is 70.8 Å². The maximum atomic E-state index is 11.2. The summed E-state index contributed by atoms with van der Waals surface area (Å²) >= 11 is 3.39. The van der Waals surface area contributed by atoms with Crippen molar-refractivity contribution in [3.8, 4) is 16.9 Å². The zero-order valence-electron chi connectivity index (χ0n) is 10.9. The molecule has 0 saturated carbocycles. The first kappa shape index (κ1) is 13.6. The quantitative estimate of drug-likeness (QED) is 0.782. The summed E-state index contributed by atoms with van der Waals surface area (Å²) in [6.07, 6.45) is 0. The monoisotopic (exact) mass is 342 g/mol. The number of carbonyl (C=O) groups is 1. The highest BCUT2D eigenvalue weighted by molar-refractivity contribution is 9.10. The van der Waals surface area contributed by atoms with Crippen LogP contribution in [0.4, 0.5) is 0 Å². The Hall–Kier alpha value is -2.40. The molecule has 0 unspecified atom stereocenters. The molecule has 21 heavy (non-hydrogen) atoms. The zero-order valence-corrected chi connectivity index (χ0v) is 12.5. The summed E-state index contributed by atoms with van der Waals surface area (Å²) in [4.78, 5) is 11.2. The lowest BCUT2D eigenvalue weighted by molar-refractivity contribution is 0.0690. The lowest BCUT2D eigenvalue weighted by Crippen LogP contribution is -2.02. The maximum Gasteiger partial charge on any atom is 0.356 e. The molecule has 0 aliphatic heterocycles. The Balaban J connectivity index is 2.19. The van der Waals surface area contributed by atoms with Gasteiger partial charge in [0.25, 0.3) is 0 Å². The van der Waals surface area contributed by atoms with Crippen molar-refractivity contribution in [2.45, 2.75) is 0 Å². The van der Waals surface area contributed by atoms with Crippen LogP contribution in [0.15, 0.2) is 65.1 Å². The van der Waals surface area contributed by atoms with Crippen LogP contribution in [0.3, 0.4) is 0 Å². The van der Waals surface area contributed by atoms with Gasteiger partial charge in [0.2, 0.25) is 0 Å². The number of halogens is 1. The first-order chi connectivity index (χ1) is 10.1. The predicted molar refractivity (Wildman–Crippen MR) is 83.7 cm³/mol. The number of aromatic nitrogens is 2. The van der Waals surface area contributed by atoms with Gasteiger partial charge in [0.05, 0.1) is 11.4 Å². The maximum absolute atomic E-state index is 11.2. The second kappa shape index (κ2) is 5.54. The average molecular weight is 343 g/mol. The van der Waals surface area contributed by atoms with Crippen LogP contribution in [0.1, 0.15) is 10.5 Å². The molecule has 0 aliphatic rings. The molecule has 1 heterocycles. The van der Waals surface area contributed by atoms with Gasteiger partial charge in [-0.25, -0.2) is 9.48 Å². The number of hydrogen-bond acceptors (Lipinski definition) is 2. The van der Waals surface area contributed by atoms with Crippen molar-refractivity contribution in [1.82, 2.24) is 9.78 Å². The number of aromatic carboxylic acids is 1. The number of carboxylic acid groups (broad SMARTS) is 1. The summed E-state index contributed by atoms with van der Waals surface area (Å²) < 4.78 is 2.61. The molecule has 1 N–H and O–H groups in total. The average Bonchev–Trinajstić information content (AvgIpc) is 2.94. The standard InChI is InChI=1S/C16H11BrN2O2/c17-12-8-6-11(7-9-12)15-10-14(16(20)21)18-19(15)13-4-2-1-3-5-13/h1-10H,(H,20,21). The number of para-hydroxylation sites is 1. The second-order valence-corrected chi connectivity index (χ2v) is 5.39.